The molecule has 0 saturated carbocycles. The highest BCUT2D eigenvalue weighted by molar-refractivity contribution is 9.10. The molecule has 1 amide bonds. The van der Waals surface area contributed by atoms with Gasteiger partial charge >= 0.3 is 0 Å². The minimum absolute atomic E-state index is 0.0743. The lowest BCUT2D eigenvalue weighted by Crippen LogP contribution is -2.20. The molecule has 1 unspecified atom stereocenters. The van der Waals surface area contributed by atoms with Crippen LogP contribution >= 0.6 is 15.9 Å². The number of anilines is 2. The summed E-state index contributed by atoms with van der Waals surface area (Å²) >= 11 is 3.35. The van der Waals surface area contributed by atoms with Gasteiger partial charge in [0.15, 0.2) is 0 Å². The number of hydrogen-bond donors (Lipinski definition) is 2. The van der Waals surface area contributed by atoms with E-state index in [2.05, 4.69) is 35.1 Å². The van der Waals surface area contributed by atoms with Crippen molar-refractivity contribution in [2.45, 2.75) is 26.7 Å². The summed E-state index contributed by atoms with van der Waals surface area (Å²) in [6.07, 6.45) is 2.25. The Morgan fingerprint density at radius 3 is 2.89 bits per heavy atom. The van der Waals surface area contributed by atoms with E-state index in [-0.39, 0.29) is 12.5 Å². The smallest absolute Gasteiger partial charge is 0.250 e. The van der Waals surface area contributed by atoms with E-state index in [1.165, 1.54) is 0 Å². The molecule has 1 aromatic rings. The summed E-state index contributed by atoms with van der Waals surface area (Å²) in [7, 11) is 0. The first-order chi connectivity index (χ1) is 9.02. The molecule has 5 heteroatoms. The van der Waals surface area contributed by atoms with Crippen LogP contribution in [-0.2, 0) is 9.53 Å². The van der Waals surface area contributed by atoms with Gasteiger partial charge in [0.1, 0.15) is 6.61 Å². The third kappa shape index (κ3) is 6.07. The molecule has 0 radical (unpaired) electrons. The van der Waals surface area contributed by atoms with Crippen molar-refractivity contribution >= 4 is 33.2 Å². The zero-order chi connectivity index (χ0) is 14.3. The second-order valence-corrected chi connectivity index (χ2v) is 5.55. The fourth-order valence-corrected chi connectivity index (χ4v) is 2.24. The third-order valence-electron chi connectivity index (χ3n) is 2.68. The first-order valence-corrected chi connectivity index (χ1v) is 7.24. The van der Waals surface area contributed by atoms with Crippen molar-refractivity contribution in [3.8, 4) is 0 Å². The first kappa shape index (κ1) is 16.0. The second kappa shape index (κ2) is 8.17. The maximum Gasteiger partial charge on any atom is 0.250 e. The van der Waals surface area contributed by atoms with Gasteiger partial charge in [-0.15, -0.1) is 0 Å². The Kier molecular flexibility index (Phi) is 6.87. The number of amides is 1. The molecule has 106 valence electrons. The number of hydrogen-bond acceptors (Lipinski definition) is 3. The Morgan fingerprint density at radius 2 is 2.26 bits per heavy atom. The first-order valence-electron chi connectivity index (χ1n) is 6.45. The molecule has 0 aromatic heterocycles. The highest BCUT2D eigenvalue weighted by Crippen LogP contribution is 2.24. The normalized spacial score (nSPS) is 12.2. The van der Waals surface area contributed by atoms with Crippen molar-refractivity contribution < 1.29 is 9.53 Å². The van der Waals surface area contributed by atoms with Crippen LogP contribution in [0.1, 0.15) is 26.7 Å². The topological polar surface area (TPSA) is 64.3 Å². The monoisotopic (exact) mass is 328 g/mol. The molecule has 0 aliphatic rings. The molecule has 0 fully saturated rings. The summed E-state index contributed by atoms with van der Waals surface area (Å²) in [4.78, 5) is 11.7. The molecular weight excluding hydrogens is 308 g/mol. The Hall–Kier alpha value is -1.07. The summed E-state index contributed by atoms with van der Waals surface area (Å²) in [6.45, 7) is 4.95. The Balaban J connectivity index is 2.35. The lowest BCUT2D eigenvalue weighted by atomic mass is 10.1. The van der Waals surface area contributed by atoms with E-state index in [9.17, 15) is 4.79 Å². The van der Waals surface area contributed by atoms with E-state index < -0.39 is 0 Å². The molecule has 1 aromatic carbocycles. The van der Waals surface area contributed by atoms with Crippen molar-refractivity contribution in [1.82, 2.24) is 0 Å². The molecule has 1 atom stereocenters. The number of ether oxygens (including phenoxy) is 1. The van der Waals surface area contributed by atoms with Crippen LogP contribution in [0.3, 0.4) is 0 Å². The van der Waals surface area contributed by atoms with Crippen LogP contribution in [0, 0.1) is 5.92 Å². The van der Waals surface area contributed by atoms with Gasteiger partial charge in [-0.25, -0.2) is 0 Å². The molecule has 0 spiro atoms. The summed E-state index contributed by atoms with van der Waals surface area (Å²) in [5, 5.41) is 2.78. The quantitative estimate of drug-likeness (QED) is 0.754. The minimum Gasteiger partial charge on any atom is -0.399 e. The minimum atomic E-state index is -0.158. The summed E-state index contributed by atoms with van der Waals surface area (Å²) in [5.74, 6) is 0.329. The SMILES string of the molecule is CCCC(C)COCC(=O)Nc1ccc(N)cc1Br. The van der Waals surface area contributed by atoms with Crippen LogP contribution in [0.4, 0.5) is 11.4 Å². The summed E-state index contributed by atoms with van der Waals surface area (Å²) in [6, 6.07) is 5.25. The molecule has 0 bridgehead atoms. The van der Waals surface area contributed by atoms with Crippen molar-refractivity contribution in [2.24, 2.45) is 5.92 Å². The molecule has 0 heterocycles. The van der Waals surface area contributed by atoms with E-state index in [0.29, 0.717) is 23.9 Å². The fraction of sp³-hybridized carbons (Fsp3) is 0.500. The molecule has 3 N–H and O–H groups in total. The van der Waals surface area contributed by atoms with Gasteiger partial charge in [-0.1, -0.05) is 20.3 Å². The number of carbonyl (C=O) groups excluding carboxylic acids is 1. The van der Waals surface area contributed by atoms with Crippen LogP contribution in [-0.4, -0.2) is 19.1 Å². The number of halogens is 1. The van der Waals surface area contributed by atoms with Crippen LogP contribution in [0.25, 0.3) is 0 Å². The zero-order valence-electron chi connectivity index (χ0n) is 11.4. The largest absolute Gasteiger partial charge is 0.399 e. The summed E-state index contributed by atoms with van der Waals surface area (Å²) in [5.41, 5.74) is 6.98. The van der Waals surface area contributed by atoms with Crippen LogP contribution in [0.2, 0.25) is 0 Å². The number of nitrogens with two attached hydrogens (primary N) is 1. The third-order valence-corrected chi connectivity index (χ3v) is 3.34. The van der Waals surface area contributed by atoms with Crippen molar-refractivity contribution in [3.63, 3.8) is 0 Å². The Bertz CT molecular complexity index is 424. The molecule has 19 heavy (non-hydrogen) atoms. The molecule has 1 rings (SSSR count). The Morgan fingerprint density at radius 1 is 1.53 bits per heavy atom. The number of benzene rings is 1. The van der Waals surface area contributed by atoms with Crippen molar-refractivity contribution in [2.75, 3.05) is 24.3 Å². The van der Waals surface area contributed by atoms with Gasteiger partial charge in [0, 0.05) is 16.8 Å². The van der Waals surface area contributed by atoms with Gasteiger partial charge in [-0.3, -0.25) is 4.79 Å². The fourth-order valence-electron chi connectivity index (χ4n) is 1.75. The van der Waals surface area contributed by atoms with E-state index in [4.69, 9.17) is 10.5 Å². The summed E-state index contributed by atoms with van der Waals surface area (Å²) < 4.78 is 6.16. The van der Waals surface area contributed by atoms with Crippen molar-refractivity contribution in [3.05, 3.63) is 22.7 Å². The van der Waals surface area contributed by atoms with Crippen LogP contribution < -0.4 is 11.1 Å². The average molecular weight is 329 g/mol. The number of carbonyl (C=O) groups is 1. The predicted octanol–water partition coefficient (Wildman–Crippen LogP) is 3.42. The van der Waals surface area contributed by atoms with Gasteiger partial charge in [0.25, 0.3) is 0 Å². The van der Waals surface area contributed by atoms with E-state index >= 15 is 0 Å². The molecule has 0 aliphatic carbocycles. The lowest BCUT2D eigenvalue weighted by Gasteiger charge is -2.11. The van der Waals surface area contributed by atoms with Gasteiger partial charge in [-0.2, -0.15) is 0 Å². The molecule has 0 aliphatic heterocycles. The van der Waals surface area contributed by atoms with E-state index in [0.717, 1.165) is 17.3 Å². The number of rotatable bonds is 7. The van der Waals surface area contributed by atoms with Crippen molar-refractivity contribution in [1.29, 1.82) is 0 Å². The molecular formula is C14H21BrN2O2. The number of nitrogens with one attached hydrogen (secondary N) is 1. The van der Waals surface area contributed by atoms with E-state index in [1.807, 2.05) is 0 Å². The van der Waals surface area contributed by atoms with Crippen LogP contribution in [0.5, 0.6) is 0 Å². The van der Waals surface area contributed by atoms with Gasteiger partial charge in [0.2, 0.25) is 5.91 Å². The Labute approximate surface area is 122 Å². The lowest BCUT2D eigenvalue weighted by molar-refractivity contribution is -0.121. The number of nitrogen functional groups attached to an aromatic ring is 1. The maximum atomic E-state index is 11.7. The van der Waals surface area contributed by atoms with E-state index in [1.54, 1.807) is 18.2 Å². The predicted molar refractivity (Wildman–Crippen MR) is 82.1 cm³/mol. The highest BCUT2D eigenvalue weighted by atomic mass is 79.9. The van der Waals surface area contributed by atoms with Gasteiger partial charge in [0.05, 0.1) is 5.69 Å². The average Bonchev–Trinajstić information content (AvgIpc) is 2.33. The second-order valence-electron chi connectivity index (χ2n) is 4.70. The molecule has 4 nitrogen and oxygen atoms in total. The van der Waals surface area contributed by atoms with Gasteiger partial charge in [-0.05, 0) is 46.5 Å². The molecule has 0 saturated heterocycles. The van der Waals surface area contributed by atoms with Crippen LogP contribution in [0.15, 0.2) is 22.7 Å². The highest BCUT2D eigenvalue weighted by Gasteiger charge is 2.07. The maximum absolute atomic E-state index is 11.7. The standard InChI is InChI=1S/C14H21BrN2O2/c1-3-4-10(2)8-19-9-14(18)17-13-6-5-11(16)7-12(13)15/h5-7,10H,3-4,8-9,16H2,1-2H3,(H,17,18). The zero-order valence-corrected chi connectivity index (χ0v) is 13.0. The van der Waals surface area contributed by atoms with Gasteiger partial charge < -0.3 is 15.8 Å².